The third-order valence-electron chi connectivity index (χ3n) is 3.18. The predicted octanol–water partition coefficient (Wildman–Crippen LogP) is -0.667. The van der Waals surface area contributed by atoms with E-state index in [1.54, 1.807) is 0 Å². The standard InChI is InChI=1S/C11H19N3O2/c1-2-14(7-8-3-4-8)11(16)9-5-13-10(15)6-12-9/h8-9,12H,2-7H2,1H3,(H,13,15). The minimum atomic E-state index is -0.239. The fraction of sp³-hybridized carbons (Fsp3) is 0.818. The Morgan fingerprint density at radius 1 is 1.50 bits per heavy atom. The molecule has 2 fully saturated rings. The van der Waals surface area contributed by atoms with Crippen LogP contribution in [0.4, 0.5) is 0 Å². The van der Waals surface area contributed by atoms with Crippen molar-refractivity contribution in [1.29, 1.82) is 0 Å². The zero-order valence-electron chi connectivity index (χ0n) is 9.66. The van der Waals surface area contributed by atoms with Crippen LogP contribution in [-0.4, -0.2) is 48.9 Å². The van der Waals surface area contributed by atoms with Gasteiger partial charge in [-0.2, -0.15) is 0 Å². The van der Waals surface area contributed by atoms with Crippen molar-refractivity contribution in [3.63, 3.8) is 0 Å². The summed E-state index contributed by atoms with van der Waals surface area (Å²) in [5.41, 5.74) is 0. The van der Waals surface area contributed by atoms with Gasteiger partial charge in [-0.05, 0) is 25.7 Å². The number of nitrogens with one attached hydrogen (secondary N) is 2. The lowest BCUT2D eigenvalue weighted by Gasteiger charge is -2.29. The van der Waals surface area contributed by atoms with Crippen LogP contribution < -0.4 is 10.6 Å². The molecule has 0 spiro atoms. The molecule has 0 aromatic rings. The lowest BCUT2D eigenvalue weighted by Crippen LogP contribution is -2.58. The number of likely N-dealkylation sites (N-methyl/N-ethyl adjacent to an activating group) is 1. The molecule has 0 bridgehead atoms. The first-order valence-corrected chi connectivity index (χ1v) is 5.99. The molecule has 1 saturated carbocycles. The quantitative estimate of drug-likeness (QED) is 0.667. The number of amides is 2. The van der Waals surface area contributed by atoms with Gasteiger partial charge in [-0.3, -0.25) is 14.9 Å². The van der Waals surface area contributed by atoms with Gasteiger partial charge in [0.05, 0.1) is 6.54 Å². The first-order valence-electron chi connectivity index (χ1n) is 5.99. The van der Waals surface area contributed by atoms with Crippen LogP contribution in [0.15, 0.2) is 0 Å². The molecule has 0 aromatic carbocycles. The van der Waals surface area contributed by atoms with Crippen molar-refractivity contribution in [2.45, 2.75) is 25.8 Å². The number of carbonyl (C=O) groups is 2. The van der Waals surface area contributed by atoms with Crippen LogP contribution in [0, 0.1) is 5.92 Å². The molecule has 0 aromatic heterocycles. The summed E-state index contributed by atoms with van der Waals surface area (Å²) in [6.07, 6.45) is 2.50. The highest BCUT2D eigenvalue weighted by molar-refractivity contribution is 5.86. The monoisotopic (exact) mass is 225 g/mol. The molecule has 16 heavy (non-hydrogen) atoms. The average Bonchev–Trinajstić information content (AvgIpc) is 3.10. The molecule has 2 aliphatic rings. The maximum atomic E-state index is 12.1. The second-order valence-corrected chi connectivity index (χ2v) is 4.56. The third-order valence-corrected chi connectivity index (χ3v) is 3.18. The van der Waals surface area contributed by atoms with Gasteiger partial charge in [-0.25, -0.2) is 0 Å². The molecule has 1 heterocycles. The SMILES string of the molecule is CCN(CC1CC1)C(=O)C1CNC(=O)CN1. The lowest BCUT2D eigenvalue weighted by molar-refractivity contribution is -0.134. The molecule has 1 saturated heterocycles. The van der Waals surface area contributed by atoms with E-state index in [0.29, 0.717) is 12.5 Å². The zero-order chi connectivity index (χ0) is 11.5. The molecule has 2 N–H and O–H groups in total. The molecule has 1 atom stereocenters. The number of hydrogen-bond donors (Lipinski definition) is 2. The van der Waals surface area contributed by atoms with Gasteiger partial charge < -0.3 is 10.2 Å². The van der Waals surface area contributed by atoms with E-state index >= 15 is 0 Å². The van der Waals surface area contributed by atoms with Gasteiger partial charge in [0.1, 0.15) is 6.04 Å². The summed E-state index contributed by atoms with van der Waals surface area (Å²) >= 11 is 0. The Morgan fingerprint density at radius 2 is 2.25 bits per heavy atom. The molecular weight excluding hydrogens is 206 g/mol. The van der Waals surface area contributed by atoms with Crippen LogP contribution in [-0.2, 0) is 9.59 Å². The van der Waals surface area contributed by atoms with Crippen LogP contribution >= 0.6 is 0 Å². The summed E-state index contributed by atoms with van der Waals surface area (Å²) in [4.78, 5) is 25.0. The highest BCUT2D eigenvalue weighted by Crippen LogP contribution is 2.29. The second-order valence-electron chi connectivity index (χ2n) is 4.56. The largest absolute Gasteiger partial charge is 0.353 e. The van der Waals surface area contributed by atoms with Gasteiger partial charge in [0, 0.05) is 19.6 Å². The van der Waals surface area contributed by atoms with E-state index in [2.05, 4.69) is 10.6 Å². The number of carbonyl (C=O) groups excluding carboxylic acids is 2. The van der Waals surface area contributed by atoms with Crippen molar-refractivity contribution in [2.24, 2.45) is 5.92 Å². The van der Waals surface area contributed by atoms with E-state index in [0.717, 1.165) is 13.1 Å². The summed E-state index contributed by atoms with van der Waals surface area (Å²) in [7, 11) is 0. The molecule has 2 rings (SSSR count). The van der Waals surface area contributed by atoms with Crippen LogP contribution in [0.3, 0.4) is 0 Å². The Bertz CT molecular complexity index is 279. The molecule has 5 heteroatoms. The van der Waals surface area contributed by atoms with Crippen LogP contribution in [0.5, 0.6) is 0 Å². The molecular formula is C11H19N3O2. The summed E-state index contributed by atoms with van der Waals surface area (Å²) in [6.45, 7) is 4.29. The lowest BCUT2D eigenvalue weighted by atomic mass is 10.2. The minimum absolute atomic E-state index is 0.0331. The van der Waals surface area contributed by atoms with Gasteiger partial charge in [0.15, 0.2) is 0 Å². The van der Waals surface area contributed by atoms with Gasteiger partial charge in [0.25, 0.3) is 0 Å². The van der Waals surface area contributed by atoms with Crippen molar-refractivity contribution < 1.29 is 9.59 Å². The fourth-order valence-corrected chi connectivity index (χ4v) is 1.95. The van der Waals surface area contributed by atoms with Gasteiger partial charge in [-0.1, -0.05) is 0 Å². The highest BCUT2D eigenvalue weighted by Gasteiger charge is 2.31. The number of piperazine rings is 1. The van der Waals surface area contributed by atoms with E-state index in [9.17, 15) is 9.59 Å². The molecule has 5 nitrogen and oxygen atoms in total. The van der Waals surface area contributed by atoms with Crippen molar-refractivity contribution in [3.05, 3.63) is 0 Å². The normalized spacial score (nSPS) is 25.1. The fourth-order valence-electron chi connectivity index (χ4n) is 1.95. The Hall–Kier alpha value is -1.10. The maximum absolute atomic E-state index is 12.1. The van der Waals surface area contributed by atoms with Gasteiger partial charge >= 0.3 is 0 Å². The molecule has 2 amide bonds. The van der Waals surface area contributed by atoms with Crippen LogP contribution in [0.25, 0.3) is 0 Å². The Kier molecular flexibility index (Phi) is 3.43. The molecule has 1 aliphatic carbocycles. The van der Waals surface area contributed by atoms with Crippen molar-refractivity contribution in [2.75, 3.05) is 26.2 Å². The van der Waals surface area contributed by atoms with Crippen molar-refractivity contribution in [1.82, 2.24) is 15.5 Å². The summed E-state index contributed by atoms with van der Waals surface area (Å²) in [5.74, 6) is 0.797. The van der Waals surface area contributed by atoms with Crippen molar-refractivity contribution >= 4 is 11.8 Å². The van der Waals surface area contributed by atoms with Crippen molar-refractivity contribution in [3.8, 4) is 0 Å². The smallest absolute Gasteiger partial charge is 0.241 e. The summed E-state index contributed by atoms with van der Waals surface area (Å²) in [5, 5.41) is 5.69. The molecule has 90 valence electrons. The molecule has 0 radical (unpaired) electrons. The van der Waals surface area contributed by atoms with Crippen LogP contribution in [0.1, 0.15) is 19.8 Å². The molecule has 1 unspecified atom stereocenters. The van der Waals surface area contributed by atoms with Gasteiger partial charge in [-0.15, -0.1) is 0 Å². The zero-order valence-corrected chi connectivity index (χ0v) is 9.66. The topological polar surface area (TPSA) is 61.4 Å². The Balaban J connectivity index is 1.85. The summed E-state index contributed by atoms with van der Waals surface area (Å²) in [6, 6.07) is -0.239. The van der Waals surface area contributed by atoms with E-state index in [1.165, 1.54) is 12.8 Å². The van der Waals surface area contributed by atoms with E-state index in [-0.39, 0.29) is 24.4 Å². The highest BCUT2D eigenvalue weighted by atomic mass is 16.2. The van der Waals surface area contributed by atoms with E-state index in [1.807, 2.05) is 11.8 Å². The first-order chi connectivity index (χ1) is 7.70. The third kappa shape index (κ3) is 2.72. The van der Waals surface area contributed by atoms with Gasteiger partial charge in [0.2, 0.25) is 11.8 Å². The Morgan fingerprint density at radius 3 is 2.75 bits per heavy atom. The van der Waals surface area contributed by atoms with E-state index < -0.39 is 0 Å². The number of hydrogen-bond acceptors (Lipinski definition) is 3. The van der Waals surface area contributed by atoms with E-state index in [4.69, 9.17) is 0 Å². The van der Waals surface area contributed by atoms with Crippen LogP contribution in [0.2, 0.25) is 0 Å². The second kappa shape index (κ2) is 4.82. The first kappa shape index (κ1) is 11.4. The average molecular weight is 225 g/mol. The number of nitrogens with zero attached hydrogens (tertiary/aromatic N) is 1. The summed E-state index contributed by atoms with van der Waals surface area (Å²) < 4.78 is 0. The number of rotatable bonds is 4. The minimum Gasteiger partial charge on any atom is -0.353 e. The predicted molar refractivity (Wildman–Crippen MR) is 59.8 cm³/mol. The Labute approximate surface area is 95.6 Å². The molecule has 1 aliphatic heterocycles. The maximum Gasteiger partial charge on any atom is 0.241 e.